The molecule has 0 unspecified atom stereocenters. The van der Waals surface area contributed by atoms with Crippen LogP contribution >= 0.6 is 11.3 Å². The van der Waals surface area contributed by atoms with Gasteiger partial charge in [-0.3, -0.25) is 14.9 Å². The molecule has 144 valence electrons. The Kier molecular flexibility index (Phi) is 6.41. The lowest BCUT2D eigenvalue weighted by molar-refractivity contribution is -0.115. The predicted molar refractivity (Wildman–Crippen MR) is 111 cm³/mol. The van der Waals surface area contributed by atoms with Crippen LogP contribution in [0.3, 0.4) is 0 Å². The molecule has 1 atom stereocenters. The average Bonchev–Trinajstić information content (AvgIpc) is 3.18. The number of anilines is 1. The van der Waals surface area contributed by atoms with Crippen LogP contribution in [0.4, 0.5) is 5.00 Å². The van der Waals surface area contributed by atoms with Gasteiger partial charge in [-0.25, -0.2) is 0 Å². The van der Waals surface area contributed by atoms with Crippen molar-refractivity contribution in [1.29, 1.82) is 0 Å². The van der Waals surface area contributed by atoms with Crippen molar-refractivity contribution in [2.45, 2.75) is 6.04 Å². The molecule has 4 N–H and O–H groups in total. The minimum Gasteiger partial charge on any atom is -0.497 e. The van der Waals surface area contributed by atoms with E-state index in [0.29, 0.717) is 10.6 Å². The molecule has 1 heterocycles. The summed E-state index contributed by atoms with van der Waals surface area (Å²) in [5, 5.41) is 8.20. The number of amides is 2. The molecular formula is C21H21N3O3S. The van der Waals surface area contributed by atoms with Crippen LogP contribution in [-0.2, 0) is 4.79 Å². The van der Waals surface area contributed by atoms with Crippen molar-refractivity contribution in [3.05, 3.63) is 82.7 Å². The summed E-state index contributed by atoms with van der Waals surface area (Å²) in [6, 6.07) is 19.0. The van der Waals surface area contributed by atoms with Crippen molar-refractivity contribution in [3.63, 3.8) is 0 Å². The number of rotatable bonds is 8. The molecule has 3 aromatic rings. The third-order valence-corrected chi connectivity index (χ3v) is 5.06. The van der Waals surface area contributed by atoms with Crippen LogP contribution in [0.5, 0.6) is 5.75 Å². The van der Waals surface area contributed by atoms with E-state index in [0.717, 1.165) is 16.9 Å². The molecule has 2 aromatic carbocycles. The Bertz CT molecular complexity index is 939. The van der Waals surface area contributed by atoms with Gasteiger partial charge in [0.15, 0.2) is 0 Å². The van der Waals surface area contributed by atoms with Gasteiger partial charge in [0.2, 0.25) is 5.91 Å². The molecule has 0 aliphatic heterocycles. The molecule has 2 amide bonds. The lowest BCUT2D eigenvalue weighted by Crippen LogP contribution is -2.32. The summed E-state index contributed by atoms with van der Waals surface area (Å²) in [4.78, 5) is 23.8. The van der Waals surface area contributed by atoms with E-state index in [1.807, 2.05) is 54.6 Å². The van der Waals surface area contributed by atoms with Crippen molar-refractivity contribution in [1.82, 2.24) is 5.32 Å². The third kappa shape index (κ3) is 4.76. The molecule has 0 fully saturated rings. The highest BCUT2D eigenvalue weighted by atomic mass is 32.1. The number of benzene rings is 2. The normalized spacial score (nSPS) is 11.6. The first-order chi connectivity index (χ1) is 13.6. The number of primary amides is 1. The molecule has 3 rings (SSSR count). The van der Waals surface area contributed by atoms with Crippen molar-refractivity contribution in [2.75, 3.05) is 19.0 Å². The number of carbonyl (C=O) groups is 2. The summed E-state index contributed by atoms with van der Waals surface area (Å²) in [6.45, 7) is 0.0711. The van der Waals surface area contributed by atoms with Crippen LogP contribution in [-0.4, -0.2) is 25.5 Å². The summed E-state index contributed by atoms with van der Waals surface area (Å²) < 4.78 is 5.22. The van der Waals surface area contributed by atoms with Crippen LogP contribution < -0.4 is 21.1 Å². The largest absolute Gasteiger partial charge is 0.497 e. The second kappa shape index (κ2) is 9.16. The van der Waals surface area contributed by atoms with E-state index in [1.165, 1.54) is 11.3 Å². The molecular weight excluding hydrogens is 374 g/mol. The van der Waals surface area contributed by atoms with Gasteiger partial charge >= 0.3 is 0 Å². The number of hydrogen-bond donors (Lipinski definition) is 3. The lowest BCUT2D eigenvalue weighted by Gasteiger charge is -2.20. The first-order valence-electron chi connectivity index (χ1n) is 8.68. The van der Waals surface area contributed by atoms with Crippen LogP contribution in [0, 0.1) is 0 Å². The standard InChI is InChI=1S/C21H21N3O3S/c1-27-16-9-7-15(8-10-16)19(14-5-3-2-4-6-14)23-13-18(25)24-21-17(20(22)26)11-12-28-21/h2-12,19,23H,13H2,1H3,(H2,22,26)(H,24,25)/t19-/m0/s1. The van der Waals surface area contributed by atoms with Crippen LogP contribution in [0.15, 0.2) is 66.0 Å². The van der Waals surface area contributed by atoms with E-state index in [1.54, 1.807) is 18.6 Å². The van der Waals surface area contributed by atoms with Crippen LogP contribution in [0.2, 0.25) is 0 Å². The Hall–Kier alpha value is -3.16. The van der Waals surface area contributed by atoms with E-state index in [4.69, 9.17) is 10.5 Å². The lowest BCUT2D eigenvalue weighted by atomic mass is 9.98. The topological polar surface area (TPSA) is 93.4 Å². The molecule has 0 aliphatic rings. The summed E-state index contributed by atoms with van der Waals surface area (Å²) >= 11 is 1.26. The molecule has 0 saturated heterocycles. The fourth-order valence-corrected chi connectivity index (χ4v) is 3.64. The number of ether oxygens (including phenoxy) is 1. The Labute approximate surface area is 167 Å². The Morgan fingerprint density at radius 2 is 1.71 bits per heavy atom. The van der Waals surface area contributed by atoms with E-state index >= 15 is 0 Å². The Balaban J connectivity index is 1.73. The van der Waals surface area contributed by atoms with E-state index in [2.05, 4.69) is 10.6 Å². The molecule has 0 spiro atoms. The molecule has 0 aliphatic carbocycles. The van der Waals surface area contributed by atoms with Gasteiger partial charge in [0.1, 0.15) is 10.8 Å². The Morgan fingerprint density at radius 3 is 2.36 bits per heavy atom. The van der Waals surface area contributed by atoms with Gasteiger partial charge in [-0.2, -0.15) is 0 Å². The van der Waals surface area contributed by atoms with Crippen molar-refractivity contribution in [3.8, 4) is 5.75 Å². The smallest absolute Gasteiger partial charge is 0.251 e. The van der Waals surface area contributed by atoms with Gasteiger partial charge in [0.05, 0.1) is 25.3 Å². The van der Waals surface area contributed by atoms with Gasteiger partial charge in [-0.1, -0.05) is 42.5 Å². The fraction of sp³-hybridized carbons (Fsp3) is 0.143. The molecule has 1 aromatic heterocycles. The van der Waals surface area contributed by atoms with Gasteiger partial charge in [-0.05, 0) is 34.7 Å². The van der Waals surface area contributed by atoms with Crippen molar-refractivity contribution < 1.29 is 14.3 Å². The zero-order chi connectivity index (χ0) is 19.9. The monoisotopic (exact) mass is 395 g/mol. The number of thiophene rings is 1. The van der Waals surface area contributed by atoms with Crippen LogP contribution in [0.25, 0.3) is 0 Å². The number of nitrogens with one attached hydrogen (secondary N) is 2. The second-order valence-corrected chi connectivity index (χ2v) is 6.99. The number of methoxy groups -OCH3 is 1. The molecule has 0 radical (unpaired) electrons. The number of carbonyl (C=O) groups excluding carboxylic acids is 2. The maximum Gasteiger partial charge on any atom is 0.251 e. The van der Waals surface area contributed by atoms with Crippen molar-refractivity contribution >= 4 is 28.2 Å². The highest BCUT2D eigenvalue weighted by Gasteiger charge is 2.17. The van der Waals surface area contributed by atoms with Gasteiger partial charge < -0.3 is 15.8 Å². The Morgan fingerprint density at radius 1 is 1.04 bits per heavy atom. The first-order valence-corrected chi connectivity index (χ1v) is 9.56. The maximum atomic E-state index is 12.4. The van der Waals surface area contributed by atoms with Gasteiger partial charge in [0.25, 0.3) is 5.91 Å². The van der Waals surface area contributed by atoms with E-state index < -0.39 is 5.91 Å². The number of hydrogen-bond acceptors (Lipinski definition) is 5. The highest BCUT2D eigenvalue weighted by Crippen LogP contribution is 2.25. The predicted octanol–water partition coefficient (Wildman–Crippen LogP) is 3.17. The molecule has 6 nitrogen and oxygen atoms in total. The SMILES string of the molecule is COc1ccc([C@@H](NCC(=O)Nc2sccc2C(N)=O)c2ccccc2)cc1. The van der Waals surface area contributed by atoms with E-state index in [9.17, 15) is 9.59 Å². The first kappa shape index (κ1) is 19.6. The van der Waals surface area contributed by atoms with Gasteiger partial charge in [-0.15, -0.1) is 11.3 Å². The quantitative estimate of drug-likeness (QED) is 0.546. The zero-order valence-electron chi connectivity index (χ0n) is 15.3. The minimum atomic E-state index is -0.565. The molecule has 7 heteroatoms. The maximum absolute atomic E-state index is 12.4. The molecule has 0 saturated carbocycles. The van der Waals surface area contributed by atoms with Gasteiger partial charge in [0, 0.05) is 0 Å². The summed E-state index contributed by atoms with van der Waals surface area (Å²) in [6.07, 6.45) is 0. The molecule has 0 bridgehead atoms. The zero-order valence-corrected chi connectivity index (χ0v) is 16.2. The van der Waals surface area contributed by atoms with E-state index in [-0.39, 0.29) is 18.5 Å². The average molecular weight is 395 g/mol. The summed E-state index contributed by atoms with van der Waals surface area (Å²) in [5.74, 6) is -0.0470. The highest BCUT2D eigenvalue weighted by molar-refractivity contribution is 7.14. The molecule has 28 heavy (non-hydrogen) atoms. The number of nitrogens with two attached hydrogens (primary N) is 1. The third-order valence-electron chi connectivity index (χ3n) is 4.23. The summed E-state index contributed by atoms with van der Waals surface area (Å²) in [5.41, 5.74) is 7.68. The second-order valence-electron chi connectivity index (χ2n) is 6.07. The minimum absolute atomic E-state index is 0.0711. The van der Waals surface area contributed by atoms with Crippen LogP contribution in [0.1, 0.15) is 27.5 Å². The van der Waals surface area contributed by atoms with Crippen molar-refractivity contribution in [2.24, 2.45) is 5.73 Å². The summed E-state index contributed by atoms with van der Waals surface area (Å²) in [7, 11) is 1.62. The fourth-order valence-electron chi connectivity index (χ4n) is 2.84.